The fraction of sp³-hybridized carbons (Fsp3) is 0.500. The zero-order valence-electron chi connectivity index (χ0n) is 12.6. The summed E-state index contributed by atoms with van der Waals surface area (Å²) in [5, 5.41) is 3.01. The standard InChI is InChI=1S/C16H20N2O4/c1-21-15(19)14-8-13(9-17-14)22-16(20)18-7-6-11-4-2-3-5-12(11)10-18/h2-5,13-14,17H,6-10H2,1H3/t13-,14+/m0/s1. The molecule has 2 aliphatic heterocycles. The van der Waals surface area contributed by atoms with Crippen LogP contribution in [0.2, 0.25) is 0 Å². The Bertz CT molecular complexity index is 575. The number of esters is 1. The van der Waals surface area contributed by atoms with Gasteiger partial charge in [0.05, 0.1) is 7.11 Å². The van der Waals surface area contributed by atoms with E-state index in [-0.39, 0.29) is 24.2 Å². The van der Waals surface area contributed by atoms with E-state index in [9.17, 15) is 9.59 Å². The summed E-state index contributed by atoms with van der Waals surface area (Å²) in [5.41, 5.74) is 2.46. The van der Waals surface area contributed by atoms with E-state index in [2.05, 4.69) is 11.4 Å². The highest BCUT2D eigenvalue weighted by atomic mass is 16.6. The molecule has 3 rings (SSSR count). The third kappa shape index (κ3) is 3.06. The van der Waals surface area contributed by atoms with Gasteiger partial charge in [-0.05, 0) is 17.5 Å². The van der Waals surface area contributed by atoms with Gasteiger partial charge < -0.3 is 19.7 Å². The van der Waals surface area contributed by atoms with Gasteiger partial charge in [0.25, 0.3) is 0 Å². The fourth-order valence-electron chi connectivity index (χ4n) is 2.98. The number of nitrogens with zero attached hydrogens (tertiary/aromatic N) is 1. The van der Waals surface area contributed by atoms with Crippen molar-refractivity contribution in [2.45, 2.75) is 31.5 Å². The Labute approximate surface area is 129 Å². The van der Waals surface area contributed by atoms with Crippen molar-refractivity contribution in [2.75, 3.05) is 20.2 Å². The quantitative estimate of drug-likeness (QED) is 0.828. The van der Waals surface area contributed by atoms with Crippen LogP contribution in [0.4, 0.5) is 4.79 Å². The number of carbonyl (C=O) groups is 2. The second-order valence-electron chi connectivity index (χ2n) is 5.67. The summed E-state index contributed by atoms with van der Waals surface area (Å²) in [7, 11) is 1.36. The van der Waals surface area contributed by atoms with Gasteiger partial charge in [-0.15, -0.1) is 0 Å². The first-order chi connectivity index (χ1) is 10.7. The molecule has 1 aromatic rings. The number of benzene rings is 1. The highest BCUT2D eigenvalue weighted by Crippen LogP contribution is 2.20. The molecule has 0 bridgehead atoms. The molecule has 6 heteroatoms. The summed E-state index contributed by atoms with van der Waals surface area (Å²) in [5.74, 6) is -0.314. The average Bonchev–Trinajstić information content (AvgIpc) is 3.02. The molecule has 22 heavy (non-hydrogen) atoms. The monoisotopic (exact) mass is 304 g/mol. The minimum Gasteiger partial charge on any atom is -0.468 e. The van der Waals surface area contributed by atoms with Crippen LogP contribution in [0.15, 0.2) is 24.3 Å². The smallest absolute Gasteiger partial charge is 0.410 e. The lowest BCUT2D eigenvalue weighted by molar-refractivity contribution is -0.142. The van der Waals surface area contributed by atoms with Crippen LogP contribution in [-0.4, -0.2) is 49.3 Å². The van der Waals surface area contributed by atoms with Crippen molar-refractivity contribution < 1.29 is 19.1 Å². The van der Waals surface area contributed by atoms with Crippen molar-refractivity contribution in [3.05, 3.63) is 35.4 Å². The number of amides is 1. The van der Waals surface area contributed by atoms with Crippen molar-refractivity contribution in [3.63, 3.8) is 0 Å². The highest BCUT2D eigenvalue weighted by Gasteiger charge is 2.33. The predicted octanol–water partition coefficient (Wildman–Crippen LogP) is 1.08. The first-order valence-electron chi connectivity index (χ1n) is 7.51. The second-order valence-corrected chi connectivity index (χ2v) is 5.67. The van der Waals surface area contributed by atoms with Gasteiger partial charge in [-0.1, -0.05) is 24.3 Å². The molecule has 0 saturated carbocycles. The molecule has 0 radical (unpaired) electrons. The Morgan fingerprint density at radius 1 is 1.27 bits per heavy atom. The Balaban J connectivity index is 1.54. The van der Waals surface area contributed by atoms with Gasteiger partial charge in [-0.25, -0.2) is 4.79 Å². The summed E-state index contributed by atoms with van der Waals surface area (Å²) in [6.45, 7) is 1.72. The normalized spacial score (nSPS) is 23.8. The molecule has 1 saturated heterocycles. The van der Waals surface area contributed by atoms with Crippen LogP contribution in [0, 0.1) is 0 Å². The lowest BCUT2D eigenvalue weighted by Crippen LogP contribution is -2.38. The molecule has 0 spiro atoms. The summed E-state index contributed by atoms with van der Waals surface area (Å²) in [6.07, 6.45) is 0.711. The molecule has 2 heterocycles. The van der Waals surface area contributed by atoms with Crippen LogP contribution in [-0.2, 0) is 27.2 Å². The van der Waals surface area contributed by atoms with E-state index in [0.717, 1.165) is 6.42 Å². The number of methoxy groups -OCH3 is 1. The summed E-state index contributed by atoms with van der Waals surface area (Å²) < 4.78 is 10.2. The number of hydrogen-bond acceptors (Lipinski definition) is 5. The van der Waals surface area contributed by atoms with E-state index >= 15 is 0 Å². The maximum Gasteiger partial charge on any atom is 0.410 e. The van der Waals surface area contributed by atoms with Gasteiger partial charge in [0.2, 0.25) is 0 Å². The Morgan fingerprint density at radius 3 is 2.82 bits per heavy atom. The molecule has 1 aromatic carbocycles. The van der Waals surface area contributed by atoms with Gasteiger partial charge in [0.1, 0.15) is 12.1 Å². The van der Waals surface area contributed by atoms with E-state index in [1.807, 2.05) is 18.2 Å². The third-order valence-electron chi connectivity index (χ3n) is 4.23. The third-order valence-corrected chi connectivity index (χ3v) is 4.23. The molecule has 0 aromatic heterocycles. The maximum atomic E-state index is 12.3. The van der Waals surface area contributed by atoms with Crippen LogP contribution >= 0.6 is 0 Å². The first kappa shape index (κ1) is 14.8. The number of nitrogens with one attached hydrogen (secondary N) is 1. The lowest BCUT2D eigenvalue weighted by Gasteiger charge is -2.29. The zero-order valence-corrected chi connectivity index (χ0v) is 12.6. The highest BCUT2D eigenvalue weighted by molar-refractivity contribution is 5.76. The average molecular weight is 304 g/mol. The van der Waals surface area contributed by atoms with Gasteiger partial charge in [0.15, 0.2) is 0 Å². The predicted molar refractivity (Wildman–Crippen MR) is 79.2 cm³/mol. The maximum absolute atomic E-state index is 12.3. The number of hydrogen-bond donors (Lipinski definition) is 1. The zero-order chi connectivity index (χ0) is 15.5. The van der Waals surface area contributed by atoms with Crippen molar-refractivity contribution in [3.8, 4) is 0 Å². The number of rotatable bonds is 2. The molecular weight excluding hydrogens is 284 g/mol. The Morgan fingerprint density at radius 2 is 2.05 bits per heavy atom. The number of ether oxygens (including phenoxy) is 2. The van der Waals surface area contributed by atoms with E-state index < -0.39 is 0 Å². The van der Waals surface area contributed by atoms with Crippen LogP contribution in [0.3, 0.4) is 0 Å². The Hall–Kier alpha value is -2.08. The fourth-order valence-corrected chi connectivity index (χ4v) is 2.98. The molecule has 118 valence electrons. The van der Waals surface area contributed by atoms with Gasteiger partial charge in [-0.2, -0.15) is 0 Å². The molecule has 0 aliphatic carbocycles. The minimum absolute atomic E-state index is 0.284. The topological polar surface area (TPSA) is 67.9 Å². The molecule has 2 atom stereocenters. The SMILES string of the molecule is COC(=O)[C@H]1C[C@H](OC(=O)N2CCc3ccccc3C2)CN1. The first-order valence-corrected chi connectivity index (χ1v) is 7.51. The van der Waals surface area contributed by atoms with Gasteiger partial charge in [-0.3, -0.25) is 4.79 Å². The van der Waals surface area contributed by atoms with Crippen LogP contribution in [0.5, 0.6) is 0 Å². The summed E-state index contributed by atoms with van der Waals surface area (Å²) in [6, 6.07) is 7.75. The largest absolute Gasteiger partial charge is 0.468 e. The molecule has 1 fully saturated rings. The second kappa shape index (κ2) is 6.36. The summed E-state index contributed by atoms with van der Waals surface area (Å²) >= 11 is 0. The summed E-state index contributed by atoms with van der Waals surface area (Å²) in [4.78, 5) is 25.4. The van der Waals surface area contributed by atoms with Crippen molar-refractivity contribution in [1.82, 2.24) is 10.2 Å². The molecular formula is C16H20N2O4. The molecule has 1 N–H and O–H groups in total. The van der Waals surface area contributed by atoms with Gasteiger partial charge in [0, 0.05) is 26.1 Å². The van der Waals surface area contributed by atoms with Crippen LogP contribution in [0.1, 0.15) is 17.5 Å². The van der Waals surface area contributed by atoms with E-state index in [0.29, 0.717) is 26.1 Å². The minimum atomic E-state index is -0.384. The van der Waals surface area contributed by atoms with Crippen molar-refractivity contribution in [1.29, 1.82) is 0 Å². The van der Waals surface area contributed by atoms with Crippen molar-refractivity contribution >= 4 is 12.1 Å². The van der Waals surface area contributed by atoms with E-state index in [1.165, 1.54) is 18.2 Å². The van der Waals surface area contributed by atoms with E-state index in [1.54, 1.807) is 4.90 Å². The lowest BCUT2D eigenvalue weighted by atomic mass is 10.0. The number of fused-ring (bicyclic) bond motifs is 1. The Kier molecular flexibility index (Phi) is 4.29. The molecule has 6 nitrogen and oxygen atoms in total. The number of carbonyl (C=O) groups excluding carboxylic acids is 2. The van der Waals surface area contributed by atoms with Crippen molar-refractivity contribution in [2.24, 2.45) is 0 Å². The molecule has 2 aliphatic rings. The molecule has 0 unspecified atom stereocenters. The van der Waals surface area contributed by atoms with Crippen LogP contribution in [0.25, 0.3) is 0 Å². The molecule has 1 amide bonds. The van der Waals surface area contributed by atoms with E-state index in [4.69, 9.17) is 9.47 Å². The van der Waals surface area contributed by atoms with Gasteiger partial charge >= 0.3 is 12.1 Å². The van der Waals surface area contributed by atoms with Crippen LogP contribution < -0.4 is 5.32 Å².